The van der Waals surface area contributed by atoms with Gasteiger partial charge in [-0.3, -0.25) is 20.2 Å². The lowest BCUT2D eigenvalue weighted by molar-refractivity contribution is -0.383. The van der Waals surface area contributed by atoms with Gasteiger partial charge in [0.05, 0.1) is 20.6 Å². The monoisotopic (exact) mass is 328 g/mol. The summed E-state index contributed by atoms with van der Waals surface area (Å²) in [6.45, 7) is 1.09. The van der Waals surface area contributed by atoms with Crippen molar-refractivity contribution in [2.75, 3.05) is 23.7 Å². The SMILES string of the molecule is O=[N+]([O-])c1cscc1NCCCNc1cscc1[N+](=O)[O-]. The Morgan fingerprint density at radius 1 is 0.857 bits per heavy atom. The van der Waals surface area contributed by atoms with Gasteiger partial charge in [-0.25, -0.2) is 0 Å². The molecule has 0 aliphatic heterocycles. The van der Waals surface area contributed by atoms with Crippen molar-refractivity contribution in [3.8, 4) is 0 Å². The molecule has 2 rings (SSSR count). The van der Waals surface area contributed by atoms with Crippen LogP contribution in [-0.4, -0.2) is 22.9 Å². The van der Waals surface area contributed by atoms with E-state index in [0.717, 1.165) is 0 Å². The average Bonchev–Trinajstić information content (AvgIpc) is 3.06. The molecule has 0 saturated carbocycles. The predicted octanol–water partition coefficient (Wildman–Crippen LogP) is 3.54. The van der Waals surface area contributed by atoms with Crippen LogP contribution < -0.4 is 10.6 Å². The second kappa shape index (κ2) is 6.99. The fourth-order valence-corrected chi connectivity index (χ4v) is 3.16. The van der Waals surface area contributed by atoms with Crippen molar-refractivity contribution in [2.45, 2.75) is 6.42 Å². The third kappa shape index (κ3) is 3.89. The van der Waals surface area contributed by atoms with Gasteiger partial charge in [0.1, 0.15) is 11.4 Å². The van der Waals surface area contributed by atoms with E-state index in [1.54, 1.807) is 10.8 Å². The molecular formula is C11H12N4O4S2. The highest BCUT2D eigenvalue weighted by atomic mass is 32.1. The van der Waals surface area contributed by atoms with Crippen LogP contribution >= 0.6 is 22.7 Å². The summed E-state index contributed by atoms with van der Waals surface area (Å²) in [5, 5.41) is 33.8. The van der Waals surface area contributed by atoms with Gasteiger partial charge in [-0.2, -0.15) is 0 Å². The van der Waals surface area contributed by atoms with Crippen molar-refractivity contribution >= 4 is 45.4 Å². The zero-order valence-electron chi connectivity index (χ0n) is 10.8. The van der Waals surface area contributed by atoms with Gasteiger partial charge in [-0.1, -0.05) is 0 Å². The van der Waals surface area contributed by atoms with Gasteiger partial charge in [0.25, 0.3) is 0 Å². The maximum absolute atomic E-state index is 10.7. The molecule has 8 nitrogen and oxygen atoms in total. The van der Waals surface area contributed by atoms with Gasteiger partial charge in [-0.15, -0.1) is 22.7 Å². The van der Waals surface area contributed by atoms with E-state index in [4.69, 9.17) is 0 Å². The lowest BCUT2D eigenvalue weighted by Crippen LogP contribution is -2.09. The number of anilines is 2. The van der Waals surface area contributed by atoms with Crippen molar-refractivity contribution in [1.29, 1.82) is 0 Å². The van der Waals surface area contributed by atoms with E-state index >= 15 is 0 Å². The van der Waals surface area contributed by atoms with E-state index in [-0.39, 0.29) is 11.4 Å². The fraction of sp³-hybridized carbons (Fsp3) is 0.273. The number of nitrogens with zero attached hydrogens (tertiary/aromatic N) is 2. The number of hydrogen-bond donors (Lipinski definition) is 2. The minimum Gasteiger partial charge on any atom is -0.379 e. The standard InChI is InChI=1S/C11H12N4O4S2/c16-14(17)10-6-20-4-8(10)12-2-1-3-13-9-5-21-7-11(9)15(18)19/h4-7,12-13H,1-3H2. The summed E-state index contributed by atoms with van der Waals surface area (Å²) in [6.07, 6.45) is 0.681. The quantitative estimate of drug-likeness (QED) is 0.435. The second-order valence-electron chi connectivity index (χ2n) is 4.06. The van der Waals surface area contributed by atoms with Crippen LogP contribution in [0.5, 0.6) is 0 Å². The molecule has 2 heterocycles. The molecule has 2 aromatic rings. The summed E-state index contributed by atoms with van der Waals surface area (Å²) in [7, 11) is 0. The highest BCUT2D eigenvalue weighted by molar-refractivity contribution is 7.09. The summed E-state index contributed by atoms with van der Waals surface area (Å²) in [6, 6.07) is 0. The van der Waals surface area contributed by atoms with Crippen LogP contribution in [0.25, 0.3) is 0 Å². The summed E-state index contributed by atoms with van der Waals surface area (Å²) < 4.78 is 0. The normalized spacial score (nSPS) is 10.3. The van der Waals surface area contributed by atoms with Crippen LogP contribution in [0.3, 0.4) is 0 Å². The third-order valence-electron chi connectivity index (χ3n) is 2.66. The van der Waals surface area contributed by atoms with Crippen LogP contribution in [0.1, 0.15) is 6.42 Å². The van der Waals surface area contributed by atoms with Crippen molar-refractivity contribution < 1.29 is 9.85 Å². The molecule has 0 aliphatic carbocycles. The van der Waals surface area contributed by atoms with E-state index in [1.165, 1.54) is 33.4 Å². The fourth-order valence-electron chi connectivity index (χ4n) is 1.66. The molecule has 0 amide bonds. The first kappa shape index (κ1) is 15.2. The Hall–Kier alpha value is -2.20. The average molecular weight is 328 g/mol. The number of thiophene rings is 2. The van der Waals surface area contributed by atoms with Gasteiger partial charge in [0.15, 0.2) is 0 Å². The summed E-state index contributed by atoms with van der Waals surface area (Å²) in [5.41, 5.74) is 1.15. The molecule has 0 unspecified atom stereocenters. The van der Waals surface area contributed by atoms with Gasteiger partial charge in [0, 0.05) is 23.8 Å². The molecule has 0 spiro atoms. The Balaban J connectivity index is 1.75. The summed E-state index contributed by atoms with van der Waals surface area (Å²) in [5.74, 6) is 0. The van der Waals surface area contributed by atoms with E-state index in [9.17, 15) is 20.2 Å². The molecular weight excluding hydrogens is 316 g/mol. The van der Waals surface area contributed by atoms with Crippen molar-refractivity contribution in [2.24, 2.45) is 0 Å². The van der Waals surface area contributed by atoms with Crippen LogP contribution in [0.4, 0.5) is 22.7 Å². The molecule has 0 bridgehead atoms. The number of hydrogen-bond acceptors (Lipinski definition) is 8. The summed E-state index contributed by atoms with van der Waals surface area (Å²) >= 11 is 2.54. The molecule has 2 N–H and O–H groups in total. The third-order valence-corrected chi connectivity index (χ3v) is 4.12. The summed E-state index contributed by atoms with van der Waals surface area (Å²) in [4.78, 5) is 20.6. The minimum atomic E-state index is -0.425. The van der Waals surface area contributed by atoms with Crippen LogP contribution in [0.2, 0.25) is 0 Å². The molecule has 0 saturated heterocycles. The topological polar surface area (TPSA) is 110 Å². The van der Waals surface area contributed by atoms with E-state index < -0.39 is 9.85 Å². The Morgan fingerprint density at radius 2 is 1.29 bits per heavy atom. The van der Waals surface area contributed by atoms with Crippen molar-refractivity contribution in [3.63, 3.8) is 0 Å². The van der Waals surface area contributed by atoms with Crippen LogP contribution in [0.15, 0.2) is 21.5 Å². The molecule has 2 aromatic heterocycles. The number of rotatable bonds is 8. The zero-order chi connectivity index (χ0) is 15.2. The molecule has 0 atom stereocenters. The van der Waals surface area contributed by atoms with Crippen molar-refractivity contribution in [3.05, 3.63) is 41.7 Å². The van der Waals surface area contributed by atoms with Gasteiger partial charge in [-0.05, 0) is 6.42 Å². The van der Waals surface area contributed by atoms with E-state index in [0.29, 0.717) is 30.9 Å². The van der Waals surface area contributed by atoms with Crippen LogP contribution in [-0.2, 0) is 0 Å². The molecule has 0 fully saturated rings. The van der Waals surface area contributed by atoms with Crippen molar-refractivity contribution in [1.82, 2.24) is 0 Å². The van der Waals surface area contributed by atoms with Gasteiger partial charge < -0.3 is 10.6 Å². The van der Waals surface area contributed by atoms with E-state index in [1.807, 2.05) is 0 Å². The van der Waals surface area contributed by atoms with E-state index in [2.05, 4.69) is 10.6 Å². The molecule has 0 aliphatic rings. The Morgan fingerprint density at radius 3 is 1.67 bits per heavy atom. The first-order valence-corrected chi connectivity index (χ1v) is 7.87. The molecule has 0 radical (unpaired) electrons. The largest absolute Gasteiger partial charge is 0.379 e. The Bertz CT molecular complexity index is 585. The maximum atomic E-state index is 10.7. The van der Waals surface area contributed by atoms with Gasteiger partial charge >= 0.3 is 11.4 Å². The highest BCUT2D eigenvalue weighted by Gasteiger charge is 2.15. The lowest BCUT2D eigenvalue weighted by Gasteiger charge is -2.05. The first-order chi connectivity index (χ1) is 10.1. The van der Waals surface area contributed by atoms with Gasteiger partial charge in [0.2, 0.25) is 0 Å². The number of nitrogens with one attached hydrogen (secondary N) is 2. The molecule has 0 aromatic carbocycles. The second-order valence-corrected chi connectivity index (χ2v) is 5.55. The highest BCUT2D eigenvalue weighted by Crippen LogP contribution is 2.29. The Labute approximate surface area is 127 Å². The maximum Gasteiger partial charge on any atom is 0.302 e. The smallest absolute Gasteiger partial charge is 0.302 e. The Kier molecular flexibility index (Phi) is 5.06. The molecule has 112 valence electrons. The molecule has 21 heavy (non-hydrogen) atoms. The first-order valence-electron chi connectivity index (χ1n) is 5.98. The van der Waals surface area contributed by atoms with Crippen LogP contribution in [0, 0.1) is 20.2 Å². The minimum absolute atomic E-state index is 0.0708. The predicted molar refractivity (Wildman–Crippen MR) is 83.5 cm³/mol. The number of nitro groups is 2. The lowest BCUT2D eigenvalue weighted by atomic mass is 10.3. The zero-order valence-corrected chi connectivity index (χ0v) is 12.4. The molecule has 10 heteroatoms.